The summed E-state index contributed by atoms with van der Waals surface area (Å²) in [6.45, 7) is 3.68. The van der Waals surface area contributed by atoms with Crippen molar-refractivity contribution in [1.29, 1.82) is 0 Å². The molecule has 0 aliphatic carbocycles. The molecule has 0 radical (unpaired) electrons. The molecule has 0 unspecified atom stereocenters. The molecule has 4 aromatic carbocycles. The van der Waals surface area contributed by atoms with Gasteiger partial charge in [0.05, 0.1) is 17.7 Å². The molecule has 5 rings (SSSR count). The van der Waals surface area contributed by atoms with Gasteiger partial charge in [-0.25, -0.2) is 12.8 Å². The van der Waals surface area contributed by atoms with E-state index in [2.05, 4.69) is 5.32 Å². The number of methoxy groups -OCH3 is 1. The third-order valence-corrected chi connectivity index (χ3v) is 10.0. The van der Waals surface area contributed by atoms with Gasteiger partial charge in [0.1, 0.15) is 37.4 Å². The maximum atomic E-state index is 14.6. The Morgan fingerprint density at radius 2 is 1.59 bits per heavy atom. The van der Waals surface area contributed by atoms with E-state index in [1.54, 1.807) is 24.3 Å². The van der Waals surface area contributed by atoms with Gasteiger partial charge in [0.25, 0.3) is 10.0 Å². The average Bonchev–Trinajstić information content (AvgIpc) is 3.12. The lowest BCUT2D eigenvalue weighted by Crippen LogP contribution is -2.54. The number of anilines is 1. The number of nitrogens with zero attached hydrogens (tertiary/aromatic N) is 2. The molecular weight excluding hydrogens is 649 g/mol. The molecule has 0 saturated carbocycles. The predicted octanol–water partition coefficient (Wildman–Crippen LogP) is 5.36. The van der Waals surface area contributed by atoms with E-state index in [9.17, 15) is 22.4 Å². The second-order valence-corrected chi connectivity index (χ2v) is 13.6. The highest BCUT2D eigenvalue weighted by molar-refractivity contribution is 7.92. The van der Waals surface area contributed by atoms with Gasteiger partial charge in [0, 0.05) is 25.1 Å². The number of nitrogens with one attached hydrogen (secondary N) is 1. The van der Waals surface area contributed by atoms with Crippen LogP contribution in [-0.2, 0) is 32.6 Å². The van der Waals surface area contributed by atoms with E-state index < -0.39 is 34.3 Å². The number of sulfonamides is 1. The molecule has 2 amide bonds. The molecule has 0 fully saturated rings. The number of carbonyl (C=O) groups is 2. The molecule has 0 saturated heterocycles. The number of amides is 2. The number of ether oxygens (including phenoxy) is 3. The largest absolute Gasteiger partial charge is 0.497 e. The number of rotatable bonds is 14. The minimum atomic E-state index is -4.43. The highest BCUT2D eigenvalue weighted by Gasteiger charge is 2.35. The summed E-state index contributed by atoms with van der Waals surface area (Å²) in [4.78, 5) is 29.9. The van der Waals surface area contributed by atoms with Crippen LogP contribution in [0.4, 0.5) is 10.1 Å². The van der Waals surface area contributed by atoms with Gasteiger partial charge < -0.3 is 24.4 Å². The van der Waals surface area contributed by atoms with Crippen LogP contribution in [0.15, 0.2) is 102 Å². The molecule has 0 bridgehead atoms. The summed E-state index contributed by atoms with van der Waals surface area (Å²) < 4.78 is 60.3. The molecule has 1 N–H and O–H groups in total. The van der Waals surface area contributed by atoms with Crippen molar-refractivity contribution in [1.82, 2.24) is 10.2 Å². The molecule has 1 aliphatic rings. The van der Waals surface area contributed by atoms with Crippen LogP contribution in [0.5, 0.6) is 17.2 Å². The fourth-order valence-electron chi connectivity index (χ4n) is 5.41. The van der Waals surface area contributed by atoms with E-state index in [1.165, 1.54) is 42.3 Å². The third kappa shape index (κ3) is 8.69. The normalized spacial score (nSPS) is 13.6. The molecule has 1 heterocycles. The van der Waals surface area contributed by atoms with Crippen LogP contribution in [0.2, 0.25) is 0 Å². The SMILES string of the molecule is CC[C@@H](C)NC(=O)[C@@H](Cc1ccccc1)N(Cc1cccc(OC)c1)C(=O)CN(c1ccc(F)cc1)S(=O)(=O)c1ccc2c(c1)OCCO2. The highest BCUT2D eigenvalue weighted by atomic mass is 32.2. The minimum Gasteiger partial charge on any atom is -0.497 e. The van der Waals surface area contributed by atoms with Gasteiger partial charge in [-0.15, -0.1) is 0 Å². The van der Waals surface area contributed by atoms with Crippen molar-refractivity contribution in [3.63, 3.8) is 0 Å². The van der Waals surface area contributed by atoms with Crippen molar-refractivity contribution < 1.29 is 36.6 Å². The first-order valence-electron chi connectivity index (χ1n) is 16.0. The Morgan fingerprint density at radius 3 is 2.29 bits per heavy atom. The van der Waals surface area contributed by atoms with E-state index in [0.717, 1.165) is 22.0 Å². The summed E-state index contributed by atoms with van der Waals surface area (Å²) >= 11 is 0. The zero-order chi connectivity index (χ0) is 35.0. The van der Waals surface area contributed by atoms with Crippen LogP contribution in [0, 0.1) is 5.82 Å². The van der Waals surface area contributed by atoms with Gasteiger partial charge in [-0.05, 0) is 73.0 Å². The molecule has 4 aromatic rings. The topological polar surface area (TPSA) is 114 Å². The van der Waals surface area contributed by atoms with Gasteiger partial charge >= 0.3 is 0 Å². The van der Waals surface area contributed by atoms with Crippen LogP contribution in [0.25, 0.3) is 0 Å². The van der Waals surface area contributed by atoms with E-state index in [1.807, 2.05) is 44.2 Å². The lowest BCUT2D eigenvalue weighted by atomic mass is 10.0. The van der Waals surface area contributed by atoms with Gasteiger partial charge in [-0.2, -0.15) is 0 Å². The van der Waals surface area contributed by atoms with Crippen molar-refractivity contribution in [3.05, 3.63) is 114 Å². The highest BCUT2D eigenvalue weighted by Crippen LogP contribution is 2.34. The standard InChI is InChI=1S/C37H40FN3O7S/c1-4-26(2)39-37(43)33(22-27-9-6-5-7-10-27)40(24-28-11-8-12-31(21-28)46-3)36(42)25-41(30-15-13-29(38)14-16-30)49(44,45)32-17-18-34-35(23-32)48-20-19-47-34/h5-18,21,23,26,33H,4,19-20,22,24-25H2,1-3H3,(H,39,43)/t26-,33-/m1/s1. The fraction of sp³-hybridized carbons (Fsp3) is 0.297. The molecule has 258 valence electrons. The Kier molecular flexibility index (Phi) is 11.4. The van der Waals surface area contributed by atoms with Crippen LogP contribution in [-0.4, -0.2) is 64.1 Å². The minimum absolute atomic E-state index is 0.0250. The smallest absolute Gasteiger partial charge is 0.264 e. The maximum absolute atomic E-state index is 14.6. The van der Waals surface area contributed by atoms with Gasteiger partial charge in [0.15, 0.2) is 11.5 Å². The second kappa shape index (κ2) is 15.9. The Labute approximate surface area is 286 Å². The molecular formula is C37H40FN3O7S. The molecule has 0 spiro atoms. The summed E-state index contributed by atoms with van der Waals surface area (Å²) in [6.07, 6.45) is 0.837. The van der Waals surface area contributed by atoms with Gasteiger partial charge in [-0.1, -0.05) is 49.4 Å². The van der Waals surface area contributed by atoms with Crippen molar-refractivity contribution in [2.45, 2.75) is 50.2 Å². The van der Waals surface area contributed by atoms with E-state index >= 15 is 0 Å². The summed E-state index contributed by atoms with van der Waals surface area (Å²) in [5.74, 6) is -0.387. The number of benzene rings is 4. The van der Waals surface area contributed by atoms with Gasteiger partial charge in [-0.3, -0.25) is 13.9 Å². The molecule has 2 atom stereocenters. The molecule has 0 aromatic heterocycles. The first-order chi connectivity index (χ1) is 23.6. The predicted molar refractivity (Wildman–Crippen MR) is 184 cm³/mol. The van der Waals surface area contributed by atoms with Crippen molar-refractivity contribution in [2.75, 3.05) is 31.2 Å². The monoisotopic (exact) mass is 689 g/mol. The maximum Gasteiger partial charge on any atom is 0.264 e. The second-order valence-electron chi connectivity index (χ2n) is 11.7. The summed E-state index contributed by atoms with van der Waals surface area (Å²) in [5.41, 5.74) is 1.55. The van der Waals surface area contributed by atoms with Gasteiger partial charge in [0.2, 0.25) is 11.8 Å². The molecule has 12 heteroatoms. The molecule has 49 heavy (non-hydrogen) atoms. The Hall–Kier alpha value is -5.10. The third-order valence-electron chi connectivity index (χ3n) is 8.25. The summed E-state index contributed by atoms with van der Waals surface area (Å²) in [5, 5.41) is 3.01. The zero-order valence-electron chi connectivity index (χ0n) is 27.7. The number of carbonyl (C=O) groups excluding carboxylic acids is 2. The number of hydrogen-bond donors (Lipinski definition) is 1. The van der Waals surface area contributed by atoms with Crippen molar-refractivity contribution in [2.24, 2.45) is 0 Å². The number of halogens is 1. The lowest BCUT2D eigenvalue weighted by molar-refractivity contribution is -0.140. The average molecular weight is 690 g/mol. The van der Waals surface area contributed by atoms with E-state index in [0.29, 0.717) is 30.1 Å². The van der Waals surface area contributed by atoms with E-state index in [4.69, 9.17) is 14.2 Å². The Morgan fingerprint density at radius 1 is 0.898 bits per heavy atom. The van der Waals surface area contributed by atoms with Crippen molar-refractivity contribution in [3.8, 4) is 17.2 Å². The Bertz CT molecular complexity index is 1860. The first-order valence-corrected chi connectivity index (χ1v) is 17.5. The number of hydrogen-bond acceptors (Lipinski definition) is 7. The van der Waals surface area contributed by atoms with Crippen LogP contribution in [0.1, 0.15) is 31.4 Å². The Balaban J connectivity index is 1.58. The first kappa shape index (κ1) is 35.2. The molecule has 1 aliphatic heterocycles. The zero-order valence-corrected chi connectivity index (χ0v) is 28.5. The van der Waals surface area contributed by atoms with E-state index in [-0.39, 0.29) is 47.9 Å². The van der Waals surface area contributed by atoms with Crippen LogP contribution >= 0.6 is 0 Å². The van der Waals surface area contributed by atoms with Crippen molar-refractivity contribution >= 4 is 27.5 Å². The van der Waals surface area contributed by atoms with Crippen LogP contribution < -0.4 is 23.8 Å². The van der Waals surface area contributed by atoms with Crippen LogP contribution in [0.3, 0.4) is 0 Å². The molecule has 10 nitrogen and oxygen atoms in total. The number of fused-ring (bicyclic) bond motifs is 1. The fourth-order valence-corrected chi connectivity index (χ4v) is 6.84. The quantitative estimate of drug-likeness (QED) is 0.190. The summed E-state index contributed by atoms with van der Waals surface area (Å²) in [7, 11) is -2.90. The lowest BCUT2D eigenvalue weighted by Gasteiger charge is -2.34. The summed E-state index contributed by atoms with van der Waals surface area (Å²) in [6, 6.07) is 24.3.